The summed E-state index contributed by atoms with van der Waals surface area (Å²) < 4.78 is 9.20. The molecule has 0 N–H and O–H groups in total. The van der Waals surface area contributed by atoms with Crippen molar-refractivity contribution in [3.8, 4) is 39.1 Å². The highest BCUT2D eigenvalue weighted by Gasteiger charge is 2.23. The Kier molecular flexibility index (Phi) is 7.82. The molecule has 0 aliphatic heterocycles. The minimum absolute atomic E-state index is 0.849. The first-order chi connectivity index (χ1) is 28.3. The topological polar surface area (TPSA) is 21.3 Å². The molecule has 268 valence electrons. The molecule has 0 saturated heterocycles. The first kappa shape index (κ1) is 32.8. The third-order valence-electron chi connectivity index (χ3n) is 11.2. The lowest BCUT2D eigenvalue weighted by molar-refractivity contribution is 0.669. The smallest absolute Gasteiger partial charge is 0.159 e. The molecule has 0 saturated carbocycles. The fraction of sp³-hybridized carbons (Fsp3) is 0. The molecule has 9 aromatic carbocycles. The fourth-order valence-corrected chi connectivity index (χ4v) is 8.62. The molecule has 2 aromatic heterocycles. The van der Waals surface area contributed by atoms with E-state index < -0.39 is 0 Å². The zero-order valence-corrected chi connectivity index (χ0v) is 31.1. The van der Waals surface area contributed by atoms with Crippen LogP contribution in [0.1, 0.15) is 0 Å². The molecule has 2 heterocycles. The number of furan rings is 1. The normalized spacial score (nSPS) is 11.5. The highest BCUT2D eigenvalue weighted by atomic mass is 16.3. The average Bonchev–Trinajstić information content (AvgIpc) is 3.83. The highest BCUT2D eigenvalue weighted by molar-refractivity contribution is 6.13. The van der Waals surface area contributed by atoms with E-state index in [-0.39, 0.29) is 0 Å². The van der Waals surface area contributed by atoms with Crippen LogP contribution in [-0.4, -0.2) is 4.57 Å². The quantitative estimate of drug-likeness (QED) is 0.163. The molecule has 3 nitrogen and oxygen atoms in total. The van der Waals surface area contributed by atoms with Gasteiger partial charge in [0.05, 0.1) is 22.4 Å². The molecule has 3 heteroatoms. The number of aromatic nitrogens is 1. The van der Waals surface area contributed by atoms with Crippen molar-refractivity contribution in [3.05, 3.63) is 218 Å². The number of para-hydroxylation sites is 4. The van der Waals surface area contributed by atoms with Crippen molar-refractivity contribution in [1.82, 2.24) is 4.57 Å². The van der Waals surface area contributed by atoms with Crippen molar-refractivity contribution in [2.24, 2.45) is 0 Å². The molecule has 0 atom stereocenters. The van der Waals surface area contributed by atoms with Gasteiger partial charge in [-0.15, -0.1) is 0 Å². The van der Waals surface area contributed by atoms with E-state index >= 15 is 0 Å². The van der Waals surface area contributed by atoms with Crippen LogP contribution in [0, 0.1) is 0 Å². The van der Waals surface area contributed by atoms with Gasteiger partial charge < -0.3 is 13.9 Å². The maximum absolute atomic E-state index is 6.76. The van der Waals surface area contributed by atoms with Crippen LogP contribution in [-0.2, 0) is 0 Å². The van der Waals surface area contributed by atoms with E-state index in [1.54, 1.807) is 0 Å². The van der Waals surface area contributed by atoms with Crippen molar-refractivity contribution in [1.29, 1.82) is 0 Å². The number of hydrogen-bond donors (Lipinski definition) is 0. The number of hydrogen-bond acceptors (Lipinski definition) is 2. The molecule has 11 aromatic rings. The van der Waals surface area contributed by atoms with Gasteiger partial charge in [0, 0.05) is 38.5 Å². The molecule has 0 unspecified atom stereocenters. The first-order valence-electron chi connectivity index (χ1n) is 19.4. The zero-order chi connectivity index (χ0) is 37.7. The minimum atomic E-state index is 0.849. The lowest BCUT2D eigenvalue weighted by Gasteiger charge is -2.27. The van der Waals surface area contributed by atoms with Gasteiger partial charge in [-0.05, 0) is 76.3 Å². The summed E-state index contributed by atoms with van der Waals surface area (Å²) >= 11 is 0. The summed E-state index contributed by atoms with van der Waals surface area (Å²) in [4.78, 5) is 2.37. The first-order valence-corrected chi connectivity index (χ1v) is 19.4. The van der Waals surface area contributed by atoms with Gasteiger partial charge in [-0.25, -0.2) is 0 Å². The summed E-state index contributed by atoms with van der Waals surface area (Å²) in [5.41, 5.74) is 15.2. The van der Waals surface area contributed by atoms with E-state index in [4.69, 9.17) is 4.42 Å². The summed E-state index contributed by atoms with van der Waals surface area (Å²) in [5.74, 6) is 0. The molecule has 0 spiro atoms. The molecule has 0 aliphatic carbocycles. The van der Waals surface area contributed by atoms with Crippen LogP contribution in [0.4, 0.5) is 17.1 Å². The standard InChI is InChI=1S/C54H36N2O/c1-4-17-37(18-5-1)42-33-31-40(35-48(42)39-21-8-3-9-22-39)55(51-29-16-26-47-46-25-12-15-30-53(46)57-54(47)51)41-32-34-45-44-24-11-14-28-50(44)56(52(45)36-41)49-27-13-10-23-43(49)38-19-6-2-7-20-38/h1-36H. The Hall–Kier alpha value is -7.62. The average molecular weight is 729 g/mol. The van der Waals surface area contributed by atoms with Gasteiger partial charge in [0.2, 0.25) is 0 Å². The summed E-state index contributed by atoms with van der Waals surface area (Å²) in [7, 11) is 0. The van der Waals surface area contributed by atoms with E-state index in [0.717, 1.165) is 66.8 Å². The lowest BCUT2D eigenvalue weighted by atomic mass is 9.93. The predicted molar refractivity (Wildman–Crippen MR) is 239 cm³/mol. The van der Waals surface area contributed by atoms with Gasteiger partial charge in [-0.3, -0.25) is 0 Å². The summed E-state index contributed by atoms with van der Waals surface area (Å²) in [6, 6.07) is 78.1. The second-order valence-corrected chi connectivity index (χ2v) is 14.5. The van der Waals surface area contributed by atoms with Crippen molar-refractivity contribution < 1.29 is 4.42 Å². The third-order valence-corrected chi connectivity index (χ3v) is 11.2. The second-order valence-electron chi connectivity index (χ2n) is 14.5. The van der Waals surface area contributed by atoms with Gasteiger partial charge in [-0.2, -0.15) is 0 Å². The second kappa shape index (κ2) is 13.6. The SMILES string of the molecule is c1ccc(-c2ccc(N(c3ccc4c5ccccc5n(-c5ccccc5-c5ccccc5)c4c3)c3cccc4c3oc3ccccc34)cc2-c2ccccc2)cc1. The van der Waals surface area contributed by atoms with E-state index in [1.807, 2.05) is 6.07 Å². The Morgan fingerprint density at radius 3 is 1.68 bits per heavy atom. The van der Waals surface area contributed by atoms with Crippen LogP contribution in [0.3, 0.4) is 0 Å². The van der Waals surface area contributed by atoms with Crippen LogP contribution in [0.25, 0.3) is 82.8 Å². The fourth-order valence-electron chi connectivity index (χ4n) is 8.62. The minimum Gasteiger partial charge on any atom is -0.454 e. The molecular formula is C54H36N2O. The maximum Gasteiger partial charge on any atom is 0.159 e. The van der Waals surface area contributed by atoms with Gasteiger partial charge in [-0.1, -0.05) is 170 Å². The zero-order valence-electron chi connectivity index (χ0n) is 31.1. The molecular weight excluding hydrogens is 693 g/mol. The van der Waals surface area contributed by atoms with E-state index in [2.05, 4.69) is 222 Å². The van der Waals surface area contributed by atoms with Gasteiger partial charge >= 0.3 is 0 Å². The molecule has 11 rings (SSSR count). The molecule has 57 heavy (non-hydrogen) atoms. The number of rotatable bonds is 7. The molecule has 0 bridgehead atoms. The number of fused-ring (bicyclic) bond motifs is 6. The number of nitrogens with zero attached hydrogens (tertiary/aromatic N) is 2. The van der Waals surface area contributed by atoms with E-state index in [1.165, 1.54) is 33.0 Å². The van der Waals surface area contributed by atoms with Gasteiger partial charge in [0.1, 0.15) is 5.58 Å². The van der Waals surface area contributed by atoms with Crippen molar-refractivity contribution in [3.63, 3.8) is 0 Å². The summed E-state index contributed by atoms with van der Waals surface area (Å²) in [5, 5.41) is 4.60. The van der Waals surface area contributed by atoms with Crippen LogP contribution in [0.5, 0.6) is 0 Å². The van der Waals surface area contributed by atoms with Crippen LogP contribution < -0.4 is 4.90 Å². The van der Waals surface area contributed by atoms with Gasteiger partial charge in [0.25, 0.3) is 0 Å². The van der Waals surface area contributed by atoms with Crippen LogP contribution in [0.2, 0.25) is 0 Å². The number of anilines is 3. The van der Waals surface area contributed by atoms with E-state index in [0.29, 0.717) is 0 Å². The Morgan fingerprint density at radius 1 is 0.351 bits per heavy atom. The Bertz CT molecular complexity index is 3230. The van der Waals surface area contributed by atoms with E-state index in [9.17, 15) is 0 Å². The number of benzene rings is 9. The highest BCUT2D eigenvalue weighted by Crippen LogP contribution is 2.46. The van der Waals surface area contributed by atoms with Crippen LogP contribution >= 0.6 is 0 Å². The Labute approximate surface area is 330 Å². The molecule has 0 amide bonds. The monoisotopic (exact) mass is 728 g/mol. The van der Waals surface area contributed by atoms with Gasteiger partial charge in [0.15, 0.2) is 5.58 Å². The van der Waals surface area contributed by atoms with Crippen molar-refractivity contribution >= 4 is 60.8 Å². The molecule has 0 fully saturated rings. The molecule has 0 radical (unpaired) electrons. The predicted octanol–water partition coefficient (Wildman–Crippen LogP) is 15.2. The maximum atomic E-state index is 6.76. The summed E-state index contributed by atoms with van der Waals surface area (Å²) in [6.07, 6.45) is 0. The van der Waals surface area contributed by atoms with Crippen molar-refractivity contribution in [2.75, 3.05) is 4.90 Å². The molecule has 0 aliphatic rings. The Balaban J connectivity index is 1.21. The van der Waals surface area contributed by atoms with Crippen LogP contribution in [0.15, 0.2) is 223 Å². The third kappa shape index (κ3) is 5.51. The lowest BCUT2D eigenvalue weighted by Crippen LogP contribution is -2.11. The Morgan fingerprint density at radius 2 is 0.912 bits per heavy atom. The largest absolute Gasteiger partial charge is 0.454 e. The summed E-state index contributed by atoms with van der Waals surface area (Å²) in [6.45, 7) is 0. The van der Waals surface area contributed by atoms with Crippen molar-refractivity contribution in [2.45, 2.75) is 0 Å².